The first-order valence-corrected chi connectivity index (χ1v) is 7.67. The summed E-state index contributed by atoms with van der Waals surface area (Å²) in [7, 11) is 1.76. The van der Waals surface area contributed by atoms with Crippen molar-refractivity contribution in [1.82, 2.24) is 9.88 Å². The first-order valence-electron chi connectivity index (χ1n) is 7.67. The number of ether oxygens (including phenoxy) is 1. The number of hydrogen-bond donors (Lipinski definition) is 1. The third-order valence-corrected chi connectivity index (χ3v) is 3.65. The summed E-state index contributed by atoms with van der Waals surface area (Å²) in [5.41, 5.74) is 1.26. The summed E-state index contributed by atoms with van der Waals surface area (Å²) in [6.45, 7) is 10.2. The van der Waals surface area contributed by atoms with Gasteiger partial charge in [-0.1, -0.05) is 19.9 Å². The lowest BCUT2D eigenvalue weighted by molar-refractivity contribution is 0.110. The van der Waals surface area contributed by atoms with Crippen LogP contribution in [0.15, 0.2) is 18.3 Å². The lowest BCUT2D eigenvalue weighted by Gasteiger charge is -2.30. The molecule has 1 rings (SSSR count). The molecule has 0 radical (unpaired) electrons. The van der Waals surface area contributed by atoms with Crippen LogP contribution in [0.3, 0.4) is 0 Å². The van der Waals surface area contributed by atoms with Crippen molar-refractivity contribution < 1.29 is 4.74 Å². The van der Waals surface area contributed by atoms with Crippen LogP contribution < -0.4 is 5.32 Å². The average molecular weight is 279 g/mol. The Balaban J connectivity index is 2.82. The van der Waals surface area contributed by atoms with E-state index in [0.29, 0.717) is 6.04 Å². The number of rotatable bonds is 10. The van der Waals surface area contributed by atoms with Gasteiger partial charge in [0.05, 0.1) is 6.61 Å². The number of aromatic nitrogens is 1. The van der Waals surface area contributed by atoms with Crippen LogP contribution in [0.2, 0.25) is 0 Å². The van der Waals surface area contributed by atoms with Crippen LogP contribution in [0.5, 0.6) is 0 Å². The minimum atomic E-state index is 0.597. The smallest absolute Gasteiger partial charge is 0.130 e. The molecule has 0 spiro atoms. The molecule has 0 aliphatic carbocycles. The molecule has 0 aliphatic rings. The molecule has 1 aromatic heterocycles. The maximum atomic E-state index is 5.25. The molecular weight excluding hydrogens is 250 g/mol. The van der Waals surface area contributed by atoms with Crippen LogP contribution in [0.25, 0.3) is 0 Å². The van der Waals surface area contributed by atoms with E-state index in [4.69, 9.17) is 4.74 Å². The fraction of sp³-hybridized carbons (Fsp3) is 0.688. The Morgan fingerprint density at radius 2 is 2.05 bits per heavy atom. The average Bonchev–Trinajstić information content (AvgIpc) is 2.48. The number of nitrogens with one attached hydrogen (secondary N) is 1. The third kappa shape index (κ3) is 5.10. The molecule has 4 nitrogen and oxygen atoms in total. The van der Waals surface area contributed by atoms with Gasteiger partial charge in [-0.15, -0.1) is 0 Å². The second kappa shape index (κ2) is 9.72. The van der Waals surface area contributed by atoms with E-state index in [1.165, 1.54) is 5.56 Å². The summed E-state index contributed by atoms with van der Waals surface area (Å²) in [4.78, 5) is 6.95. The topological polar surface area (TPSA) is 37.4 Å². The Morgan fingerprint density at radius 1 is 1.30 bits per heavy atom. The molecule has 4 heteroatoms. The van der Waals surface area contributed by atoms with Crippen molar-refractivity contribution >= 4 is 5.82 Å². The van der Waals surface area contributed by atoms with Gasteiger partial charge >= 0.3 is 0 Å². The highest BCUT2D eigenvalue weighted by atomic mass is 16.5. The number of anilines is 1. The predicted molar refractivity (Wildman–Crippen MR) is 85.1 cm³/mol. The second-order valence-corrected chi connectivity index (χ2v) is 4.98. The Labute approximate surface area is 123 Å². The van der Waals surface area contributed by atoms with Crippen LogP contribution in [0.4, 0.5) is 5.82 Å². The molecule has 0 unspecified atom stereocenters. The zero-order valence-electron chi connectivity index (χ0n) is 13.4. The van der Waals surface area contributed by atoms with E-state index in [9.17, 15) is 0 Å². The Kier molecular flexibility index (Phi) is 8.23. The van der Waals surface area contributed by atoms with Crippen molar-refractivity contribution in [3.05, 3.63) is 23.9 Å². The van der Waals surface area contributed by atoms with Crippen LogP contribution in [0, 0.1) is 0 Å². The standard InChI is InChI=1S/C16H29N3O/c1-5-15(6-2)19(11-12-20-4)13-14-9-8-10-18-16(14)17-7-3/h8-10,15H,5-7,11-13H2,1-4H3,(H,17,18). The van der Waals surface area contributed by atoms with E-state index in [-0.39, 0.29) is 0 Å². The summed E-state index contributed by atoms with van der Waals surface area (Å²) in [6.07, 6.45) is 4.17. The number of methoxy groups -OCH3 is 1. The predicted octanol–water partition coefficient (Wildman–Crippen LogP) is 3.15. The van der Waals surface area contributed by atoms with E-state index >= 15 is 0 Å². The molecule has 1 N–H and O–H groups in total. The van der Waals surface area contributed by atoms with E-state index in [0.717, 1.165) is 44.9 Å². The van der Waals surface area contributed by atoms with E-state index in [1.54, 1.807) is 7.11 Å². The van der Waals surface area contributed by atoms with E-state index < -0.39 is 0 Å². The highest BCUT2D eigenvalue weighted by Crippen LogP contribution is 2.18. The zero-order valence-corrected chi connectivity index (χ0v) is 13.4. The summed E-state index contributed by atoms with van der Waals surface area (Å²) in [6, 6.07) is 4.77. The normalized spacial score (nSPS) is 11.3. The summed E-state index contributed by atoms with van der Waals surface area (Å²) >= 11 is 0. The van der Waals surface area contributed by atoms with Gasteiger partial charge in [0.1, 0.15) is 5.82 Å². The van der Waals surface area contributed by atoms with E-state index in [1.807, 2.05) is 12.3 Å². The van der Waals surface area contributed by atoms with Crippen molar-refractivity contribution in [3.8, 4) is 0 Å². The van der Waals surface area contributed by atoms with Gasteiger partial charge in [0.15, 0.2) is 0 Å². The molecular formula is C16H29N3O. The lowest BCUT2D eigenvalue weighted by Crippen LogP contribution is -2.36. The van der Waals surface area contributed by atoms with Crippen molar-refractivity contribution in [2.75, 3.05) is 32.1 Å². The Morgan fingerprint density at radius 3 is 2.65 bits per heavy atom. The highest BCUT2D eigenvalue weighted by molar-refractivity contribution is 5.43. The maximum Gasteiger partial charge on any atom is 0.130 e. The van der Waals surface area contributed by atoms with Crippen molar-refractivity contribution in [3.63, 3.8) is 0 Å². The zero-order chi connectivity index (χ0) is 14.8. The Bertz CT molecular complexity index is 366. The largest absolute Gasteiger partial charge is 0.383 e. The Hall–Kier alpha value is -1.13. The lowest BCUT2D eigenvalue weighted by atomic mass is 10.1. The molecule has 0 bridgehead atoms. The molecule has 0 fully saturated rings. The van der Waals surface area contributed by atoms with Gasteiger partial charge in [-0.05, 0) is 25.8 Å². The molecule has 0 amide bonds. The third-order valence-electron chi connectivity index (χ3n) is 3.65. The van der Waals surface area contributed by atoms with Crippen LogP contribution in [-0.4, -0.2) is 42.7 Å². The summed E-state index contributed by atoms with van der Waals surface area (Å²) in [5, 5.41) is 3.34. The van der Waals surface area contributed by atoms with Crippen molar-refractivity contribution in [2.24, 2.45) is 0 Å². The molecule has 0 saturated heterocycles. The molecule has 1 heterocycles. The molecule has 1 aromatic rings. The monoisotopic (exact) mass is 279 g/mol. The van der Waals surface area contributed by atoms with Gasteiger partial charge in [-0.25, -0.2) is 4.98 Å². The van der Waals surface area contributed by atoms with Gasteiger partial charge < -0.3 is 10.1 Å². The minimum absolute atomic E-state index is 0.597. The highest BCUT2D eigenvalue weighted by Gasteiger charge is 2.16. The van der Waals surface area contributed by atoms with Gasteiger partial charge in [-0.2, -0.15) is 0 Å². The fourth-order valence-electron chi connectivity index (χ4n) is 2.52. The fourth-order valence-corrected chi connectivity index (χ4v) is 2.52. The van der Waals surface area contributed by atoms with Gasteiger partial charge in [0, 0.05) is 44.5 Å². The first kappa shape index (κ1) is 16.9. The first-order chi connectivity index (χ1) is 9.76. The van der Waals surface area contributed by atoms with Crippen molar-refractivity contribution in [1.29, 1.82) is 0 Å². The van der Waals surface area contributed by atoms with E-state index in [2.05, 4.69) is 42.0 Å². The molecule has 114 valence electrons. The van der Waals surface area contributed by atoms with Gasteiger partial charge in [-0.3, -0.25) is 4.90 Å². The minimum Gasteiger partial charge on any atom is -0.383 e. The molecule has 20 heavy (non-hydrogen) atoms. The summed E-state index contributed by atoms with van der Waals surface area (Å²) < 4.78 is 5.25. The molecule has 0 atom stereocenters. The maximum absolute atomic E-state index is 5.25. The SMILES string of the molecule is CCNc1ncccc1CN(CCOC)C(CC)CC. The van der Waals surface area contributed by atoms with Gasteiger partial charge in [0.2, 0.25) is 0 Å². The molecule has 0 aliphatic heterocycles. The van der Waals surface area contributed by atoms with Crippen LogP contribution in [-0.2, 0) is 11.3 Å². The quantitative estimate of drug-likeness (QED) is 0.714. The molecule has 0 aromatic carbocycles. The number of nitrogens with zero attached hydrogens (tertiary/aromatic N) is 2. The van der Waals surface area contributed by atoms with Gasteiger partial charge in [0.25, 0.3) is 0 Å². The number of hydrogen-bond acceptors (Lipinski definition) is 4. The van der Waals surface area contributed by atoms with Crippen molar-refractivity contribution in [2.45, 2.75) is 46.2 Å². The van der Waals surface area contributed by atoms with Crippen LogP contribution in [0.1, 0.15) is 39.2 Å². The van der Waals surface area contributed by atoms with Crippen LogP contribution >= 0.6 is 0 Å². The second-order valence-electron chi connectivity index (χ2n) is 4.98. The molecule has 0 saturated carbocycles. The number of pyridine rings is 1. The summed E-state index contributed by atoms with van der Waals surface area (Å²) in [5.74, 6) is 1.00.